The molecule has 166 valence electrons. The van der Waals surface area contributed by atoms with Crippen molar-refractivity contribution in [3.63, 3.8) is 0 Å². The third-order valence-electron chi connectivity index (χ3n) is 4.99. The molecule has 3 aromatic rings. The SMILES string of the molecule is COc1ccc(C(=O)Nc2ccc(SC(C)C(=O)Nc3ccc(C(C)C)cc3)cc2)cc1. The Labute approximate surface area is 193 Å². The van der Waals surface area contributed by atoms with Crippen molar-refractivity contribution in [3.8, 4) is 5.75 Å². The average Bonchev–Trinajstić information content (AvgIpc) is 2.80. The lowest BCUT2D eigenvalue weighted by Crippen LogP contribution is -2.22. The normalized spacial score (nSPS) is 11.7. The molecule has 32 heavy (non-hydrogen) atoms. The molecule has 5 nitrogen and oxygen atoms in total. The third-order valence-corrected chi connectivity index (χ3v) is 6.10. The molecule has 1 atom stereocenters. The molecule has 0 aromatic heterocycles. The molecule has 2 amide bonds. The lowest BCUT2D eigenvalue weighted by atomic mass is 10.0. The van der Waals surface area contributed by atoms with Crippen molar-refractivity contribution in [2.45, 2.75) is 36.8 Å². The van der Waals surface area contributed by atoms with E-state index in [1.54, 1.807) is 31.4 Å². The van der Waals surface area contributed by atoms with Gasteiger partial charge in [-0.15, -0.1) is 11.8 Å². The molecule has 6 heteroatoms. The van der Waals surface area contributed by atoms with E-state index in [0.29, 0.717) is 22.9 Å². The van der Waals surface area contributed by atoms with Crippen LogP contribution in [0.5, 0.6) is 5.75 Å². The van der Waals surface area contributed by atoms with Gasteiger partial charge in [-0.05, 0) is 79.1 Å². The number of methoxy groups -OCH3 is 1. The van der Waals surface area contributed by atoms with Gasteiger partial charge in [0.05, 0.1) is 12.4 Å². The molecule has 0 spiro atoms. The fourth-order valence-corrected chi connectivity index (χ4v) is 3.88. The summed E-state index contributed by atoms with van der Waals surface area (Å²) in [6.45, 7) is 6.16. The Morgan fingerprint density at radius 3 is 1.91 bits per heavy atom. The molecule has 0 bridgehead atoms. The monoisotopic (exact) mass is 448 g/mol. The molecule has 0 saturated carbocycles. The number of rotatable bonds is 8. The van der Waals surface area contributed by atoms with Gasteiger partial charge >= 0.3 is 0 Å². The summed E-state index contributed by atoms with van der Waals surface area (Å²) in [5.41, 5.74) is 3.28. The molecule has 0 heterocycles. The summed E-state index contributed by atoms with van der Waals surface area (Å²) in [7, 11) is 1.59. The molecule has 0 saturated heterocycles. The number of ether oxygens (including phenoxy) is 1. The van der Waals surface area contributed by atoms with Crippen molar-refractivity contribution in [2.24, 2.45) is 0 Å². The number of anilines is 2. The molecule has 0 aliphatic carbocycles. The van der Waals surface area contributed by atoms with Crippen LogP contribution in [0.2, 0.25) is 0 Å². The van der Waals surface area contributed by atoms with Gasteiger partial charge < -0.3 is 15.4 Å². The van der Waals surface area contributed by atoms with Gasteiger partial charge in [-0.3, -0.25) is 9.59 Å². The standard InChI is InChI=1S/C26H28N2O3S/c1-17(2)19-5-9-21(10-6-19)27-25(29)18(3)32-24-15-11-22(12-16-24)28-26(30)20-7-13-23(31-4)14-8-20/h5-18H,1-4H3,(H,27,29)(H,28,30). The Kier molecular flexibility index (Phi) is 7.95. The lowest BCUT2D eigenvalue weighted by Gasteiger charge is -2.13. The molecular weight excluding hydrogens is 420 g/mol. The molecule has 0 aliphatic rings. The first kappa shape index (κ1) is 23.4. The Morgan fingerprint density at radius 1 is 0.781 bits per heavy atom. The Bertz CT molecular complexity index is 1050. The lowest BCUT2D eigenvalue weighted by molar-refractivity contribution is -0.115. The zero-order chi connectivity index (χ0) is 23.1. The van der Waals surface area contributed by atoms with Crippen LogP contribution < -0.4 is 15.4 Å². The van der Waals surface area contributed by atoms with Crippen LogP contribution in [0.1, 0.15) is 42.6 Å². The number of carbonyl (C=O) groups is 2. The Balaban J connectivity index is 1.53. The minimum Gasteiger partial charge on any atom is -0.497 e. The number of benzene rings is 3. The van der Waals surface area contributed by atoms with E-state index in [0.717, 1.165) is 10.6 Å². The van der Waals surface area contributed by atoms with Crippen LogP contribution >= 0.6 is 11.8 Å². The van der Waals surface area contributed by atoms with E-state index in [9.17, 15) is 9.59 Å². The van der Waals surface area contributed by atoms with E-state index in [1.807, 2.05) is 55.5 Å². The van der Waals surface area contributed by atoms with Gasteiger partial charge in [-0.1, -0.05) is 26.0 Å². The maximum atomic E-state index is 12.6. The first-order valence-corrected chi connectivity index (χ1v) is 11.4. The van der Waals surface area contributed by atoms with Crippen LogP contribution in [0, 0.1) is 0 Å². The number of carbonyl (C=O) groups excluding carboxylic acids is 2. The van der Waals surface area contributed by atoms with Crippen molar-refractivity contribution >= 4 is 35.0 Å². The number of amides is 2. The minimum absolute atomic E-state index is 0.0517. The number of nitrogens with one attached hydrogen (secondary N) is 2. The van der Waals surface area contributed by atoms with E-state index in [2.05, 4.69) is 24.5 Å². The highest BCUT2D eigenvalue weighted by Gasteiger charge is 2.15. The van der Waals surface area contributed by atoms with Crippen LogP contribution in [-0.4, -0.2) is 24.2 Å². The van der Waals surface area contributed by atoms with Crippen molar-refractivity contribution in [1.29, 1.82) is 0 Å². The zero-order valence-corrected chi connectivity index (χ0v) is 19.5. The minimum atomic E-state index is -0.264. The summed E-state index contributed by atoms with van der Waals surface area (Å²) in [6.07, 6.45) is 0. The van der Waals surface area contributed by atoms with Gasteiger partial charge in [0.15, 0.2) is 0 Å². The topological polar surface area (TPSA) is 67.4 Å². The molecule has 1 unspecified atom stereocenters. The van der Waals surface area contributed by atoms with Crippen molar-refractivity contribution < 1.29 is 14.3 Å². The zero-order valence-electron chi connectivity index (χ0n) is 18.7. The second-order valence-corrected chi connectivity index (χ2v) is 9.15. The van der Waals surface area contributed by atoms with Gasteiger partial charge in [0.1, 0.15) is 5.75 Å². The van der Waals surface area contributed by atoms with Crippen LogP contribution in [0.4, 0.5) is 11.4 Å². The predicted octanol–water partition coefficient (Wildman–Crippen LogP) is 6.19. The van der Waals surface area contributed by atoms with E-state index < -0.39 is 0 Å². The maximum absolute atomic E-state index is 12.6. The van der Waals surface area contributed by atoms with Crippen molar-refractivity contribution in [2.75, 3.05) is 17.7 Å². The average molecular weight is 449 g/mol. The molecular formula is C26H28N2O3S. The summed E-state index contributed by atoms with van der Waals surface area (Å²) in [5.74, 6) is 0.917. The summed E-state index contributed by atoms with van der Waals surface area (Å²) >= 11 is 1.47. The maximum Gasteiger partial charge on any atom is 0.255 e. The third kappa shape index (κ3) is 6.37. The predicted molar refractivity (Wildman–Crippen MR) is 132 cm³/mol. The first-order valence-electron chi connectivity index (χ1n) is 10.5. The van der Waals surface area contributed by atoms with Gasteiger partial charge in [0.25, 0.3) is 5.91 Å². The van der Waals surface area contributed by atoms with E-state index in [1.165, 1.54) is 17.3 Å². The van der Waals surface area contributed by atoms with E-state index in [-0.39, 0.29) is 17.1 Å². The fourth-order valence-electron chi connectivity index (χ4n) is 3.02. The number of hydrogen-bond donors (Lipinski definition) is 2. The fraction of sp³-hybridized carbons (Fsp3) is 0.231. The number of thioether (sulfide) groups is 1. The van der Waals surface area contributed by atoms with E-state index in [4.69, 9.17) is 4.74 Å². The van der Waals surface area contributed by atoms with Gasteiger partial charge in [-0.2, -0.15) is 0 Å². The number of hydrogen-bond acceptors (Lipinski definition) is 4. The van der Waals surface area contributed by atoms with Crippen LogP contribution in [0.3, 0.4) is 0 Å². The van der Waals surface area contributed by atoms with Crippen molar-refractivity contribution in [1.82, 2.24) is 0 Å². The van der Waals surface area contributed by atoms with Crippen LogP contribution in [-0.2, 0) is 4.79 Å². The highest BCUT2D eigenvalue weighted by Crippen LogP contribution is 2.26. The first-order chi connectivity index (χ1) is 15.4. The highest BCUT2D eigenvalue weighted by atomic mass is 32.2. The highest BCUT2D eigenvalue weighted by molar-refractivity contribution is 8.00. The summed E-state index contributed by atoms with van der Waals surface area (Å²) in [5, 5.41) is 5.58. The second kappa shape index (κ2) is 10.9. The molecule has 3 rings (SSSR count). The van der Waals surface area contributed by atoms with E-state index >= 15 is 0 Å². The Morgan fingerprint density at radius 2 is 1.34 bits per heavy atom. The van der Waals surface area contributed by atoms with Crippen LogP contribution in [0.25, 0.3) is 0 Å². The summed E-state index contributed by atoms with van der Waals surface area (Å²) < 4.78 is 5.11. The molecule has 0 radical (unpaired) electrons. The molecule has 0 aliphatic heterocycles. The van der Waals surface area contributed by atoms with Gasteiger partial charge in [-0.25, -0.2) is 0 Å². The Hall–Kier alpha value is -3.25. The largest absolute Gasteiger partial charge is 0.497 e. The van der Waals surface area contributed by atoms with Gasteiger partial charge in [0, 0.05) is 21.8 Å². The molecule has 0 fully saturated rings. The smallest absolute Gasteiger partial charge is 0.255 e. The van der Waals surface area contributed by atoms with Crippen LogP contribution in [0.15, 0.2) is 77.7 Å². The molecule has 2 N–H and O–H groups in total. The summed E-state index contributed by atoms with van der Waals surface area (Å²) in [6, 6.07) is 22.3. The summed E-state index contributed by atoms with van der Waals surface area (Å²) in [4.78, 5) is 25.9. The molecule has 3 aromatic carbocycles. The second-order valence-electron chi connectivity index (χ2n) is 7.73. The quantitative estimate of drug-likeness (QED) is 0.403. The van der Waals surface area contributed by atoms with Gasteiger partial charge in [0.2, 0.25) is 5.91 Å². The van der Waals surface area contributed by atoms with Crippen molar-refractivity contribution in [3.05, 3.63) is 83.9 Å².